The van der Waals surface area contributed by atoms with E-state index in [4.69, 9.17) is 0 Å². The molecular weight excluding hydrogens is 287 g/mol. The van der Waals surface area contributed by atoms with Gasteiger partial charge in [0.05, 0.1) is 5.69 Å². The number of phenols is 1. The third-order valence-electron chi connectivity index (χ3n) is 3.10. The number of aryl methyl sites for hydroxylation is 1. The lowest BCUT2D eigenvalue weighted by atomic mass is 10.2. The van der Waals surface area contributed by atoms with Crippen LogP contribution in [0, 0.1) is 12.7 Å². The minimum atomic E-state index is -0.257. The van der Waals surface area contributed by atoms with Gasteiger partial charge in [-0.05, 0) is 55.0 Å². The van der Waals surface area contributed by atoms with E-state index >= 15 is 0 Å². The van der Waals surface area contributed by atoms with Gasteiger partial charge in [0, 0.05) is 16.6 Å². The number of phenolic OH excluding ortho intramolecular Hbond substituents is 1. The number of aromatic hydroxyl groups is 1. The molecule has 5 heteroatoms. The van der Waals surface area contributed by atoms with Gasteiger partial charge >= 0.3 is 0 Å². The topological polar surface area (TPSA) is 45.1 Å². The van der Waals surface area contributed by atoms with Crippen molar-refractivity contribution in [3.8, 4) is 17.0 Å². The first-order valence-corrected chi connectivity index (χ1v) is 7.28. The molecule has 0 atom stereocenters. The number of rotatable bonds is 3. The smallest absolute Gasteiger partial charge is 0.187 e. The van der Waals surface area contributed by atoms with Crippen molar-refractivity contribution >= 4 is 22.2 Å². The summed E-state index contributed by atoms with van der Waals surface area (Å²) in [5.74, 6) is -0.0174. The molecule has 1 heterocycles. The molecule has 2 N–H and O–H groups in total. The predicted octanol–water partition coefficient (Wildman–Crippen LogP) is 4.71. The summed E-state index contributed by atoms with van der Waals surface area (Å²) in [7, 11) is 0. The van der Waals surface area contributed by atoms with E-state index in [0.717, 1.165) is 27.6 Å². The van der Waals surface area contributed by atoms with Crippen LogP contribution in [-0.2, 0) is 0 Å². The average molecular weight is 300 g/mol. The Balaban J connectivity index is 1.83. The van der Waals surface area contributed by atoms with Gasteiger partial charge < -0.3 is 10.4 Å². The molecule has 0 aliphatic carbocycles. The van der Waals surface area contributed by atoms with Crippen LogP contribution in [0.1, 0.15) is 5.56 Å². The minimum Gasteiger partial charge on any atom is -0.508 e. The van der Waals surface area contributed by atoms with Crippen LogP contribution < -0.4 is 5.32 Å². The van der Waals surface area contributed by atoms with E-state index in [1.54, 1.807) is 24.3 Å². The van der Waals surface area contributed by atoms with Crippen molar-refractivity contribution in [3.05, 3.63) is 59.2 Å². The summed E-state index contributed by atoms with van der Waals surface area (Å²) < 4.78 is 12.9. The highest BCUT2D eigenvalue weighted by atomic mass is 32.1. The minimum absolute atomic E-state index is 0.240. The Morgan fingerprint density at radius 1 is 1.14 bits per heavy atom. The monoisotopic (exact) mass is 300 g/mol. The van der Waals surface area contributed by atoms with Crippen molar-refractivity contribution in [2.75, 3.05) is 5.32 Å². The Kier molecular flexibility index (Phi) is 3.58. The van der Waals surface area contributed by atoms with Crippen LogP contribution in [0.4, 0.5) is 15.2 Å². The summed E-state index contributed by atoms with van der Waals surface area (Å²) in [5, 5.41) is 15.3. The van der Waals surface area contributed by atoms with Gasteiger partial charge in [-0.3, -0.25) is 0 Å². The van der Waals surface area contributed by atoms with Crippen molar-refractivity contribution in [2.24, 2.45) is 0 Å². The van der Waals surface area contributed by atoms with E-state index in [0.29, 0.717) is 0 Å². The zero-order chi connectivity index (χ0) is 14.8. The number of halogens is 1. The van der Waals surface area contributed by atoms with Crippen molar-refractivity contribution in [3.63, 3.8) is 0 Å². The first kappa shape index (κ1) is 13.6. The first-order chi connectivity index (χ1) is 10.1. The highest BCUT2D eigenvalue weighted by molar-refractivity contribution is 7.14. The highest BCUT2D eigenvalue weighted by Crippen LogP contribution is 2.29. The maximum Gasteiger partial charge on any atom is 0.187 e. The number of thiazole rings is 1. The molecule has 0 saturated carbocycles. The lowest BCUT2D eigenvalue weighted by molar-refractivity contribution is 0.475. The van der Waals surface area contributed by atoms with E-state index in [2.05, 4.69) is 10.3 Å². The predicted molar refractivity (Wildman–Crippen MR) is 83.6 cm³/mol. The van der Waals surface area contributed by atoms with Crippen LogP contribution in [0.5, 0.6) is 5.75 Å². The quantitative estimate of drug-likeness (QED) is 0.689. The van der Waals surface area contributed by atoms with Gasteiger partial charge in [-0.15, -0.1) is 11.3 Å². The molecule has 21 heavy (non-hydrogen) atoms. The van der Waals surface area contributed by atoms with E-state index in [1.165, 1.54) is 23.5 Å². The molecule has 0 spiro atoms. The van der Waals surface area contributed by atoms with E-state index in [9.17, 15) is 9.50 Å². The molecular formula is C16H13FN2OS. The molecule has 3 nitrogen and oxygen atoms in total. The molecule has 3 rings (SSSR count). The van der Waals surface area contributed by atoms with Gasteiger partial charge in [0.2, 0.25) is 0 Å². The molecule has 2 aromatic carbocycles. The number of anilines is 2. The maximum absolute atomic E-state index is 12.9. The lowest BCUT2D eigenvalue weighted by Gasteiger charge is -2.06. The maximum atomic E-state index is 12.9. The molecule has 0 fully saturated rings. The summed E-state index contributed by atoms with van der Waals surface area (Å²) in [4.78, 5) is 4.49. The zero-order valence-electron chi connectivity index (χ0n) is 11.3. The van der Waals surface area contributed by atoms with Gasteiger partial charge in [-0.2, -0.15) is 0 Å². The lowest BCUT2D eigenvalue weighted by Crippen LogP contribution is -1.92. The average Bonchev–Trinajstić information content (AvgIpc) is 2.91. The van der Waals surface area contributed by atoms with Crippen LogP contribution >= 0.6 is 11.3 Å². The fourth-order valence-corrected chi connectivity index (χ4v) is 2.72. The Morgan fingerprint density at radius 2 is 1.90 bits per heavy atom. The Bertz CT molecular complexity index is 768. The fourth-order valence-electron chi connectivity index (χ4n) is 1.99. The molecule has 0 aliphatic heterocycles. The number of nitrogens with zero attached hydrogens (tertiary/aromatic N) is 1. The first-order valence-electron chi connectivity index (χ1n) is 6.40. The van der Waals surface area contributed by atoms with Crippen molar-refractivity contribution in [1.29, 1.82) is 0 Å². The van der Waals surface area contributed by atoms with Crippen LogP contribution in [0.25, 0.3) is 11.3 Å². The molecule has 0 aliphatic rings. The van der Waals surface area contributed by atoms with Crippen LogP contribution in [0.3, 0.4) is 0 Å². The highest BCUT2D eigenvalue weighted by Gasteiger charge is 2.06. The largest absolute Gasteiger partial charge is 0.508 e. The Morgan fingerprint density at radius 3 is 2.62 bits per heavy atom. The van der Waals surface area contributed by atoms with Crippen LogP contribution in [0.15, 0.2) is 47.8 Å². The molecule has 106 valence electrons. The normalized spacial score (nSPS) is 10.6. The van der Waals surface area contributed by atoms with E-state index in [-0.39, 0.29) is 11.6 Å². The van der Waals surface area contributed by atoms with Gasteiger partial charge in [0.25, 0.3) is 0 Å². The van der Waals surface area contributed by atoms with Crippen LogP contribution in [0.2, 0.25) is 0 Å². The Hall–Kier alpha value is -2.40. The van der Waals surface area contributed by atoms with Crippen molar-refractivity contribution < 1.29 is 9.50 Å². The number of aromatic nitrogens is 1. The zero-order valence-corrected chi connectivity index (χ0v) is 12.1. The van der Waals surface area contributed by atoms with Gasteiger partial charge in [0.1, 0.15) is 11.6 Å². The van der Waals surface area contributed by atoms with Gasteiger partial charge in [-0.1, -0.05) is 0 Å². The number of hydrogen-bond donors (Lipinski definition) is 2. The molecule has 0 unspecified atom stereocenters. The van der Waals surface area contributed by atoms with Crippen molar-refractivity contribution in [1.82, 2.24) is 4.98 Å². The van der Waals surface area contributed by atoms with Gasteiger partial charge in [-0.25, -0.2) is 9.37 Å². The summed E-state index contributed by atoms with van der Waals surface area (Å²) >= 11 is 1.48. The molecule has 0 radical (unpaired) electrons. The summed E-state index contributed by atoms with van der Waals surface area (Å²) in [6.45, 7) is 1.91. The van der Waals surface area contributed by atoms with E-state index < -0.39 is 0 Å². The number of hydrogen-bond acceptors (Lipinski definition) is 4. The van der Waals surface area contributed by atoms with Crippen molar-refractivity contribution in [2.45, 2.75) is 6.92 Å². The standard InChI is InChI=1S/C16H13FN2OS/c1-10-8-13(20)6-7-14(10)18-16-19-15(9-21-16)11-2-4-12(17)5-3-11/h2-9,20H,1H3,(H,18,19). The molecule has 3 aromatic rings. The molecule has 1 aromatic heterocycles. The third kappa shape index (κ3) is 3.03. The second kappa shape index (κ2) is 5.54. The molecule has 0 saturated heterocycles. The SMILES string of the molecule is Cc1cc(O)ccc1Nc1nc(-c2ccc(F)cc2)cs1. The summed E-state index contributed by atoms with van der Waals surface area (Å²) in [5.41, 5.74) is 3.52. The fraction of sp³-hybridized carbons (Fsp3) is 0.0625. The third-order valence-corrected chi connectivity index (χ3v) is 3.85. The van der Waals surface area contributed by atoms with Gasteiger partial charge in [0.15, 0.2) is 5.13 Å². The number of benzene rings is 2. The molecule has 0 bridgehead atoms. The Labute approximate surface area is 125 Å². The second-order valence-electron chi connectivity index (χ2n) is 4.67. The second-order valence-corrected chi connectivity index (χ2v) is 5.53. The van der Waals surface area contributed by atoms with Crippen LogP contribution in [-0.4, -0.2) is 10.1 Å². The van der Waals surface area contributed by atoms with E-state index in [1.807, 2.05) is 18.4 Å². The molecule has 0 amide bonds. The summed E-state index contributed by atoms with van der Waals surface area (Å²) in [6, 6.07) is 11.4. The number of nitrogens with one attached hydrogen (secondary N) is 1. The summed E-state index contributed by atoms with van der Waals surface area (Å²) in [6.07, 6.45) is 0.